The van der Waals surface area contributed by atoms with Crippen LogP contribution in [0.25, 0.3) is 0 Å². The molecule has 128 valence electrons. The predicted molar refractivity (Wildman–Crippen MR) is 93.3 cm³/mol. The van der Waals surface area contributed by atoms with Crippen molar-refractivity contribution < 1.29 is 9.21 Å². The lowest BCUT2D eigenvalue weighted by Gasteiger charge is -2.26. The molecular formula is C19H25N3O2. The molecule has 5 nitrogen and oxygen atoms in total. The van der Waals surface area contributed by atoms with E-state index >= 15 is 0 Å². The van der Waals surface area contributed by atoms with Crippen LogP contribution in [0.1, 0.15) is 46.5 Å². The van der Waals surface area contributed by atoms with E-state index in [-0.39, 0.29) is 5.91 Å². The Kier molecular flexibility index (Phi) is 5.67. The molecule has 3 N–H and O–H groups in total. The number of likely N-dealkylation sites (tertiary alicyclic amines) is 1. The van der Waals surface area contributed by atoms with Gasteiger partial charge in [0.15, 0.2) is 0 Å². The largest absolute Gasteiger partial charge is 0.467 e. The van der Waals surface area contributed by atoms with Gasteiger partial charge >= 0.3 is 0 Å². The molecule has 1 aromatic carbocycles. The number of benzene rings is 1. The van der Waals surface area contributed by atoms with E-state index in [1.165, 1.54) is 44.2 Å². The van der Waals surface area contributed by atoms with Crippen LogP contribution in [0, 0.1) is 0 Å². The molecule has 1 saturated heterocycles. The van der Waals surface area contributed by atoms with Crippen LogP contribution in [-0.2, 0) is 19.6 Å². The molecule has 1 aliphatic rings. The van der Waals surface area contributed by atoms with E-state index in [0.29, 0.717) is 24.4 Å². The third-order valence-electron chi connectivity index (χ3n) is 4.45. The van der Waals surface area contributed by atoms with Crippen molar-refractivity contribution in [3.05, 3.63) is 59.0 Å². The summed E-state index contributed by atoms with van der Waals surface area (Å²) in [5.41, 5.74) is 8.41. The molecule has 1 amide bonds. The van der Waals surface area contributed by atoms with Crippen LogP contribution in [0.15, 0.2) is 41.0 Å². The van der Waals surface area contributed by atoms with Crippen LogP contribution in [0.2, 0.25) is 0 Å². The number of rotatable bonds is 6. The zero-order chi connectivity index (χ0) is 16.8. The zero-order valence-electron chi connectivity index (χ0n) is 14.0. The zero-order valence-corrected chi connectivity index (χ0v) is 14.0. The second-order valence-corrected chi connectivity index (χ2v) is 6.34. The number of carbonyl (C=O) groups excluding carboxylic acids is 1. The van der Waals surface area contributed by atoms with Crippen molar-refractivity contribution in [2.75, 3.05) is 13.1 Å². The van der Waals surface area contributed by atoms with Crippen molar-refractivity contribution in [1.29, 1.82) is 0 Å². The van der Waals surface area contributed by atoms with Crippen molar-refractivity contribution in [2.45, 2.75) is 38.9 Å². The SMILES string of the molecule is NCc1cc(C(=O)NCc2ccc(CN3CCCCC3)cc2)co1. The highest BCUT2D eigenvalue weighted by Gasteiger charge is 2.11. The molecule has 2 aromatic rings. The summed E-state index contributed by atoms with van der Waals surface area (Å²) in [6, 6.07) is 10.2. The van der Waals surface area contributed by atoms with Crippen molar-refractivity contribution in [3.8, 4) is 0 Å². The minimum atomic E-state index is -0.143. The summed E-state index contributed by atoms with van der Waals surface area (Å²) in [7, 11) is 0. The molecule has 1 aliphatic heterocycles. The number of furan rings is 1. The first-order chi connectivity index (χ1) is 11.7. The van der Waals surface area contributed by atoms with E-state index in [2.05, 4.69) is 34.5 Å². The second-order valence-electron chi connectivity index (χ2n) is 6.34. The van der Waals surface area contributed by atoms with Crippen LogP contribution in [0.4, 0.5) is 0 Å². The lowest BCUT2D eigenvalue weighted by Crippen LogP contribution is -2.29. The maximum Gasteiger partial charge on any atom is 0.254 e. The van der Waals surface area contributed by atoms with Gasteiger partial charge in [0, 0.05) is 13.1 Å². The maximum absolute atomic E-state index is 12.1. The highest BCUT2D eigenvalue weighted by molar-refractivity contribution is 5.93. The van der Waals surface area contributed by atoms with Gasteiger partial charge in [0.2, 0.25) is 0 Å². The lowest BCUT2D eigenvalue weighted by atomic mass is 10.1. The highest BCUT2D eigenvalue weighted by atomic mass is 16.3. The molecule has 3 rings (SSSR count). The monoisotopic (exact) mass is 327 g/mol. The van der Waals surface area contributed by atoms with Crippen LogP contribution in [0.5, 0.6) is 0 Å². The Balaban J connectivity index is 1.49. The number of hydrogen-bond acceptors (Lipinski definition) is 4. The summed E-state index contributed by atoms with van der Waals surface area (Å²) in [5, 5.41) is 2.90. The van der Waals surface area contributed by atoms with Crippen molar-refractivity contribution in [3.63, 3.8) is 0 Å². The van der Waals surface area contributed by atoms with E-state index in [9.17, 15) is 4.79 Å². The Morgan fingerprint density at radius 1 is 1.12 bits per heavy atom. The van der Waals surface area contributed by atoms with Gasteiger partial charge in [-0.3, -0.25) is 9.69 Å². The molecule has 0 atom stereocenters. The molecule has 2 heterocycles. The topological polar surface area (TPSA) is 71.5 Å². The fraction of sp³-hybridized carbons (Fsp3) is 0.421. The quantitative estimate of drug-likeness (QED) is 0.855. The standard InChI is InChI=1S/C19H25N3O2/c20-11-18-10-17(14-24-18)19(23)21-12-15-4-6-16(7-5-15)13-22-8-2-1-3-9-22/h4-7,10,14H,1-3,8-9,11-13,20H2,(H,21,23). The lowest BCUT2D eigenvalue weighted by molar-refractivity contribution is 0.0950. The second kappa shape index (κ2) is 8.13. The Morgan fingerprint density at radius 3 is 2.50 bits per heavy atom. The first-order valence-electron chi connectivity index (χ1n) is 8.60. The Hall–Kier alpha value is -2.11. The average Bonchev–Trinajstić information content (AvgIpc) is 3.11. The first kappa shape index (κ1) is 16.7. The van der Waals surface area contributed by atoms with E-state index in [1.807, 2.05) is 0 Å². The number of piperidine rings is 1. The van der Waals surface area contributed by atoms with Crippen LogP contribution >= 0.6 is 0 Å². The normalized spacial score (nSPS) is 15.4. The number of hydrogen-bond donors (Lipinski definition) is 2. The van der Waals surface area contributed by atoms with Gasteiger partial charge in [0.05, 0.1) is 12.1 Å². The number of amides is 1. The van der Waals surface area contributed by atoms with Gasteiger partial charge in [-0.25, -0.2) is 0 Å². The first-order valence-corrected chi connectivity index (χ1v) is 8.60. The van der Waals surface area contributed by atoms with Gasteiger partial charge < -0.3 is 15.5 Å². The molecule has 24 heavy (non-hydrogen) atoms. The molecule has 0 aliphatic carbocycles. The molecular weight excluding hydrogens is 302 g/mol. The van der Waals surface area contributed by atoms with Crippen LogP contribution < -0.4 is 11.1 Å². The number of nitrogens with zero attached hydrogens (tertiary/aromatic N) is 1. The summed E-state index contributed by atoms with van der Waals surface area (Å²) >= 11 is 0. The molecule has 0 bridgehead atoms. The summed E-state index contributed by atoms with van der Waals surface area (Å²) in [6.45, 7) is 4.22. The van der Waals surface area contributed by atoms with E-state index in [4.69, 9.17) is 10.2 Å². The molecule has 0 spiro atoms. The van der Waals surface area contributed by atoms with Crippen molar-refractivity contribution >= 4 is 5.91 Å². The van der Waals surface area contributed by atoms with Crippen LogP contribution in [0.3, 0.4) is 0 Å². The van der Waals surface area contributed by atoms with E-state index in [0.717, 1.165) is 12.1 Å². The minimum absolute atomic E-state index is 0.143. The fourth-order valence-corrected chi connectivity index (χ4v) is 3.03. The van der Waals surface area contributed by atoms with E-state index in [1.54, 1.807) is 6.07 Å². The summed E-state index contributed by atoms with van der Waals surface area (Å²) in [5.74, 6) is 0.470. The van der Waals surface area contributed by atoms with Crippen LogP contribution in [-0.4, -0.2) is 23.9 Å². The Bertz CT molecular complexity index is 658. The van der Waals surface area contributed by atoms with Gasteiger partial charge in [-0.1, -0.05) is 30.7 Å². The van der Waals surface area contributed by atoms with Crippen molar-refractivity contribution in [2.24, 2.45) is 5.73 Å². The number of nitrogens with one attached hydrogen (secondary N) is 1. The summed E-state index contributed by atoms with van der Waals surface area (Å²) in [6.07, 6.45) is 5.42. The van der Waals surface area contributed by atoms with Gasteiger partial charge in [-0.05, 0) is 43.1 Å². The van der Waals surface area contributed by atoms with Gasteiger partial charge in [0.25, 0.3) is 5.91 Å². The summed E-state index contributed by atoms with van der Waals surface area (Å²) < 4.78 is 5.18. The smallest absolute Gasteiger partial charge is 0.254 e. The van der Waals surface area contributed by atoms with Gasteiger partial charge in [0.1, 0.15) is 12.0 Å². The molecule has 0 unspecified atom stereocenters. The molecule has 0 saturated carbocycles. The summed E-state index contributed by atoms with van der Waals surface area (Å²) in [4.78, 5) is 14.6. The molecule has 5 heteroatoms. The average molecular weight is 327 g/mol. The van der Waals surface area contributed by atoms with Gasteiger partial charge in [-0.2, -0.15) is 0 Å². The molecule has 1 aromatic heterocycles. The Labute approximate surface area is 142 Å². The molecule has 0 radical (unpaired) electrons. The predicted octanol–water partition coefficient (Wildman–Crippen LogP) is 2.65. The minimum Gasteiger partial charge on any atom is -0.467 e. The third-order valence-corrected chi connectivity index (χ3v) is 4.45. The number of carbonyl (C=O) groups is 1. The number of nitrogens with two attached hydrogens (primary N) is 1. The van der Waals surface area contributed by atoms with Crippen molar-refractivity contribution in [1.82, 2.24) is 10.2 Å². The van der Waals surface area contributed by atoms with Gasteiger partial charge in [-0.15, -0.1) is 0 Å². The third kappa shape index (κ3) is 4.46. The Morgan fingerprint density at radius 2 is 1.83 bits per heavy atom. The van der Waals surface area contributed by atoms with E-state index < -0.39 is 0 Å². The maximum atomic E-state index is 12.1. The fourth-order valence-electron chi connectivity index (χ4n) is 3.03. The highest BCUT2D eigenvalue weighted by Crippen LogP contribution is 2.14. The molecule has 1 fully saturated rings.